The minimum Gasteiger partial charge on any atom is -0.354 e. The van der Waals surface area contributed by atoms with E-state index in [1.807, 2.05) is 42.5 Å². The second-order valence-electron chi connectivity index (χ2n) is 4.30. The summed E-state index contributed by atoms with van der Waals surface area (Å²) in [6, 6.07) is 13.5. The number of hydrogen-bond donors (Lipinski definition) is 2. The maximum atomic E-state index is 11.8. The van der Waals surface area contributed by atoms with Crippen molar-refractivity contribution in [2.75, 3.05) is 26.1 Å². The summed E-state index contributed by atoms with van der Waals surface area (Å²) in [5.41, 5.74) is 0.743. The van der Waals surface area contributed by atoms with Crippen molar-refractivity contribution in [3.8, 4) is 0 Å². The number of methoxy groups -OCH3 is 2. The molecule has 0 aliphatic heterocycles. The van der Waals surface area contributed by atoms with Crippen molar-refractivity contribution < 1.29 is 14.3 Å². The molecular formula is C15H18N2O3. The summed E-state index contributed by atoms with van der Waals surface area (Å²) in [5.74, 6) is 0. The van der Waals surface area contributed by atoms with E-state index < -0.39 is 6.29 Å². The Hall–Kier alpha value is -2.11. The predicted octanol–water partition coefficient (Wildman–Crippen LogP) is 2.58. The van der Waals surface area contributed by atoms with Crippen LogP contribution in [0.2, 0.25) is 0 Å². The molecule has 0 unspecified atom stereocenters. The summed E-state index contributed by atoms with van der Waals surface area (Å²) in [7, 11) is 3.05. The Morgan fingerprint density at radius 1 is 1.10 bits per heavy atom. The zero-order valence-corrected chi connectivity index (χ0v) is 11.6. The van der Waals surface area contributed by atoms with Crippen LogP contribution in [0.25, 0.3) is 10.8 Å². The number of ether oxygens (including phenoxy) is 2. The van der Waals surface area contributed by atoms with E-state index in [1.54, 1.807) is 0 Å². The lowest BCUT2D eigenvalue weighted by Crippen LogP contribution is -2.36. The van der Waals surface area contributed by atoms with E-state index in [9.17, 15) is 4.79 Å². The Labute approximate surface area is 117 Å². The van der Waals surface area contributed by atoms with Crippen LogP contribution in [0.4, 0.5) is 10.5 Å². The Morgan fingerprint density at radius 3 is 2.50 bits per heavy atom. The highest BCUT2D eigenvalue weighted by molar-refractivity contribution is 5.93. The number of carbonyl (C=O) groups excluding carboxylic acids is 1. The molecule has 2 aromatic carbocycles. The van der Waals surface area contributed by atoms with Gasteiger partial charge < -0.3 is 20.1 Å². The van der Waals surface area contributed by atoms with Gasteiger partial charge in [-0.05, 0) is 22.9 Å². The van der Waals surface area contributed by atoms with Crippen molar-refractivity contribution >= 4 is 22.5 Å². The van der Waals surface area contributed by atoms with Crippen molar-refractivity contribution in [1.29, 1.82) is 0 Å². The van der Waals surface area contributed by atoms with Gasteiger partial charge in [0, 0.05) is 19.9 Å². The van der Waals surface area contributed by atoms with Crippen LogP contribution in [0.1, 0.15) is 0 Å². The molecule has 0 aromatic heterocycles. The van der Waals surface area contributed by atoms with Gasteiger partial charge in [0.1, 0.15) is 0 Å². The first-order valence-corrected chi connectivity index (χ1v) is 6.32. The number of fused-ring (bicyclic) bond motifs is 1. The van der Waals surface area contributed by atoms with Crippen LogP contribution in [0.3, 0.4) is 0 Å². The van der Waals surface area contributed by atoms with Crippen LogP contribution < -0.4 is 10.6 Å². The fraction of sp³-hybridized carbons (Fsp3) is 0.267. The standard InChI is InChI=1S/C15H18N2O3/c1-19-14(20-2)10-16-15(18)17-13-8-7-11-5-3-4-6-12(11)9-13/h3-9,14H,10H2,1-2H3,(H2,16,17,18). The van der Waals surface area contributed by atoms with Crippen molar-refractivity contribution in [3.05, 3.63) is 42.5 Å². The molecule has 0 saturated carbocycles. The molecule has 0 heterocycles. The fourth-order valence-electron chi connectivity index (χ4n) is 1.88. The van der Waals surface area contributed by atoms with Crippen LogP contribution in [-0.2, 0) is 9.47 Å². The molecule has 0 bridgehead atoms. The molecule has 2 amide bonds. The first-order valence-electron chi connectivity index (χ1n) is 6.32. The number of nitrogens with one attached hydrogen (secondary N) is 2. The molecule has 5 heteroatoms. The van der Waals surface area contributed by atoms with E-state index in [-0.39, 0.29) is 12.6 Å². The highest BCUT2D eigenvalue weighted by Gasteiger charge is 2.07. The average Bonchev–Trinajstić information content (AvgIpc) is 2.48. The molecule has 0 aliphatic carbocycles. The van der Waals surface area contributed by atoms with Crippen molar-refractivity contribution in [1.82, 2.24) is 5.32 Å². The van der Waals surface area contributed by atoms with Gasteiger partial charge in [0.25, 0.3) is 0 Å². The monoisotopic (exact) mass is 274 g/mol. The van der Waals surface area contributed by atoms with Crippen molar-refractivity contribution in [2.24, 2.45) is 0 Å². The van der Waals surface area contributed by atoms with Gasteiger partial charge in [-0.15, -0.1) is 0 Å². The molecule has 2 aromatic rings. The summed E-state index contributed by atoms with van der Waals surface area (Å²) in [5, 5.41) is 7.67. The maximum absolute atomic E-state index is 11.8. The Kier molecular flexibility index (Phi) is 4.92. The predicted molar refractivity (Wildman–Crippen MR) is 78.8 cm³/mol. The van der Waals surface area contributed by atoms with E-state index in [2.05, 4.69) is 10.6 Å². The molecule has 20 heavy (non-hydrogen) atoms. The van der Waals surface area contributed by atoms with E-state index >= 15 is 0 Å². The van der Waals surface area contributed by atoms with Crippen molar-refractivity contribution in [3.63, 3.8) is 0 Å². The topological polar surface area (TPSA) is 59.6 Å². The number of amides is 2. The molecule has 0 aliphatic rings. The van der Waals surface area contributed by atoms with Gasteiger partial charge in [-0.1, -0.05) is 30.3 Å². The molecule has 0 fully saturated rings. The zero-order valence-electron chi connectivity index (χ0n) is 11.6. The zero-order chi connectivity index (χ0) is 14.4. The minimum atomic E-state index is -0.447. The number of anilines is 1. The maximum Gasteiger partial charge on any atom is 0.319 e. The molecule has 106 valence electrons. The SMILES string of the molecule is COC(CNC(=O)Nc1ccc2ccccc2c1)OC. The van der Waals surface area contributed by atoms with Gasteiger partial charge in [-0.3, -0.25) is 0 Å². The molecule has 0 atom stereocenters. The van der Waals surface area contributed by atoms with Crippen LogP contribution in [0, 0.1) is 0 Å². The van der Waals surface area contributed by atoms with Gasteiger partial charge in [0.05, 0.1) is 6.54 Å². The fourth-order valence-corrected chi connectivity index (χ4v) is 1.88. The number of rotatable bonds is 5. The van der Waals surface area contributed by atoms with Gasteiger partial charge in [0.15, 0.2) is 6.29 Å². The summed E-state index contributed by atoms with van der Waals surface area (Å²) < 4.78 is 9.99. The third-order valence-electron chi connectivity index (χ3n) is 2.96. The number of carbonyl (C=O) groups is 1. The van der Waals surface area contributed by atoms with E-state index in [0.717, 1.165) is 16.5 Å². The molecule has 5 nitrogen and oxygen atoms in total. The van der Waals surface area contributed by atoms with Crippen molar-refractivity contribution in [2.45, 2.75) is 6.29 Å². The lowest BCUT2D eigenvalue weighted by Gasteiger charge is -2.14. The second kappa shape index (κ2) is 6.88. The Bertz CT molecular complexity index is 582. The number of benzene rings is 2. The lowest BCUT2D eigenvalue weighted by molar-refractivity contribution is -0.0970. The quantitative estimate of drug-likeness (QED) is 0.824. The summed E-state index contributed by atoms with van der Waals surface area (Å²) in [6.07, 6.45) is -0.447. The molecule has 0 spiro atoms. The van der Waals surface area contributed by atoms with Crippen LogP contribution >= 0.6 is 0 Å². The number of hydrogen-bond acceptors (Lipinski definition) is 3. The first kappa shape index (κ1) is 14.3. The van der Waals surface area contributed by atoms with E-state index in [4.69, 9.17) is 9.47 Å². The average molecular weight is 274 g/mol. The van der Waals surface area contributed by atoms with Gasteiger partial charge in [0.2, 0.25) is 0 Å². The molecule has 2 N–H and O–H groups in total. The molecule has 0 radical (unpaired) electrons. The third-order valence-corrected chi connectivity index (χ3v) is 2.96. The molecular weight excluding hydrogens is 256 g/mol. The highest BCUT2D eigenvalue weighted by atomic mass is 16.7. The molecule has 0 saturated heterocycles. The summed E-state index contributed by atoms with van der Waals surface area (Å²) in [6.45, 7) is 0.284. The van der Waals surface area contributed by atoms with E-state index in [1.165, 1.54) is 14.2 Å². The van der Waals surface area contributed by atoms with Crippen LogP contribution in [-0.4, -0.2) is 33.1 Å². The Morgan fingerprint density at radius 2 is 1.80 bits per heavy atom. The third kappa shape index (κ3) is 3.69. The highest BCUT2D eigenvalue weighted by Crippen LogP contribution is 2.18. The number of urea groups is 1. The van der Waals surface area contributed by atoms with Gasteiger partial charge in [-0.25, -0.2) is 4.79 Å². The minimum absolute atomic E-state index is 0.284. The summed E-state index contributed by atoms with van der Waals surface area (Å²) >= 11 is 0. The van der Waals surface area contributed by atoms with Crippen LogP contribution in [0.15, 0.2) is 42.5 Å². The van der Waals surface area contributed by atoms with Gasteiger partial charge in [-0.2, -0.15) is 0 Å². The van der Waals surface area contributed by atoms with Crippen LogP contribution in [0.5, 0.6) is 0 Å². The normalized spacial score (nSPS) is 10.8. The largest absolute Gasteiger partial charge is 0.354 e. The van der Waals surface area contributed by atoms with E-state index in [0.29, 0.717) is 0 Å². The molecule has 2 rings (SSSR count). The van der Waals surface area contributed by atoms with Gasteiger partial charge >= 0.3 is 6.03 Å². The second-order valence-corrected chi connectivity index (χ2v) is 4.30. The summed E-state index contributed by atoms with van der Waals surface area (Å²) in [4.78, 5) is 11.8. The smallest absolute Gasteiger partial charge is 0.319 e. The first-order chi connectivity index (χ1) is 9.72. The Balaban J connectivity index is 1.95. The lowest BCUT2D eigenvalue weighted by atomic mass is 10.1.